The van der Waals surface area contributed by atoms with E-state index in [1.807, 2.05) is 71.8 Å². The molecule has 1 N–H and O–H groups in total. The van der Waals surface area contributed by atoms with Crippen LogP contribution in [0.2, 0.25) is 0 Å². The van der Waals surface area contributed by atoms with E-state index in [4.69, 9.17) is 0 Å². The van der Waals surface area contributed by atoms with Gasteiger partial charge in [0.05, 0.1) is 5.70 Å². The molecule has 0 aromatic heterocycles. The Morgan fingerprint density at radius 1 is 1.28 bits per heavy atom. The van der Waals surface area contributed by atoms with E-state index in [1.165, 1.54) is 4.90 Å². The zero-order valence-corrected chi connectivity index (χ0v) is 16.4. The van der Waals surface area contributed by atoms with E-state index < -0.39 is 0 Å². The predicted molar refractivity (Wildman–Crippen MR) is 105 cm³/mol. The van der Waals surface area contributed by atoms with E-state index in [2.05, 4.69) is 6.58 Å². The van der Waals surface area contributed by atoms with Crippen molar-refractivity contribution in [2.24, 2.45) is 5.92 Å². The third kappa shape index (κ3) is 4.75. The molecule has 0 saturated carbocycles. The number of carbonyl (C=O) groups excluding carboxylic acids is 1. The van der Waals surface area contributed by atoms with E-state index in [0.29, 0.717) is 11.1 Å². The minimum absolute atomic E-state index is 0.0113. The third-order valence-corrected chi connectivity index (χ3v) is 3.94. The normalized spacial score (nSPS) is 15.8. The summed E-state index contributed by atoms with van der Waals surface area (Å²) in [6.45, 7) is 13.7. The Kier molecular flexibility index (Phi) is 7.04. The van der Waals surface area contributed by atoms with E-state index in [0.717, 1.165) is 11.3 Å². The van der Waals surface area contributed by atoms with Crippen LogP contribution in [0.1, 0.15) is 34.6 Å². The van der Waals surface area contributed by atoms with E-state index in [-0.39, 0.29) is 23.3 Å². The largest absolute Gasteiger partial charge is 0.505 e. The van der Waals surface area contributed by atoms with Gasteiger partial charge in [-0.3, -0.25) is 9.69 Å². The van der Waals surface area contributed by atoms with E-state index in [1.54, 1.807) is 12.3 Å². The molecule has 25 heavy (non-hydrogen) atoms. The Morgan fingerprint density at radius 3 is 2.32 bits per heavy atom. The summed E-state index contributed by atoms with van der Waals surface area (Å²) in [6, 6.07) is 0. The predicted octanol–water partition coefficient (Wildman–Crippen LogP) is 4.68. The van der Waals surface area contributed by atoms with Gasteiger partial charge in [-0.25, -0.2) is 0 Å². The molecule has 0 bridgehead atoms. The molecule has 4 nitrogen and oxygen atoms in total. The summed E-state index contributed by atoms with van der Waals surface area (Å²) < 4.78 is 0. The van der Waals surface area contributed by atoms with Crippen molar-refractivity contribution in [3.63, 3.8) is 0 Å². The van der Waals surface area contributed by atoms with Crippen LogP contribution in [-0.2, 0) is 4.79 Å². The summed E-state index contributed by atoms with van der Waals surface area (Å²) in [4.78, 5) is 16.1. The molecule has 0 fully saturated rings. The Labute approximate surface area is 151 Å². The van der Waals surface area contributed by atoms with Gasteiger partial charge < -0.3 is 10.0 Å². The molecular weight excluding hydrogens is 312 g/mol. The van der Waals surface area contributed by atoms with Crippen LogP contribution in [0.15, 0.2) is 71.0 Å². The third-order valence-electron chi connectivity index (χ3n) is 3.94. The zero-order chi connectivity index (χ0) is 19.3. The highest BCUT2D eigenvalue weighted by molar-refractivity contribution is 5.96. The molecular formula is C21H30N2O2. The standard InChI is InChI=1S/C21H30N2O2/c1-9-17(15(4)5)21(25)23-13-12-18(20(24)16(23)6)19(22(7)8)11-10-14(2)3/h9-13,15,24H,6H2,1-5,7-8H3/b17-9-,19-11-. The van der Waals surface area contributed by atoms with Gasteiger partial charge in [-0.05, 0) is 38.8 Å². The van der Waals surface area contributed by atoms with Crippen molar-refractivity contribution in [1.82, 2.24) is 9.80 Å². The monoisotopic (exact) mass is 342 g/mol. The number of aliphatic hydroxyl groups excluding tert-OH is 1. The lowest BCUT2D eigenvalue weighted by atomic mass is 9.99. The van der Waals surface area contributed by atoms with Crippen molar-refractivity contribution in [3.05, 3.63) is 71.0 Å². The highest BCUT2D eigenvalue weighted by Crippen LogP contribution is 2.30. The van der Waals surface area contributed by atoms with Crippen molar-refractivity contribution in [1.29, 1.82) is 0 Å². The van der Waals surface area contributed by atoms with Crippen LogP contribution in [0.25, 0.3) is 0 Å². The Balaban J connectivity index is 3.28. The summed E-state index contributed by atoms with van der Waals surface area (Å²) >= 11 is 0. The zero-order valence-electron chi connectivity index (χ0n) is 16.4. The number of rotatable bonds is 5. The van der Waals surface area contributed by atoms with Crippen LogP contribution in [-0.4, -0.2) is 34.9 Å². The van der Waals surface area contributed by atoms with Crippen molar-refractivity contribution < 1.29 is 9.90 Å². The number of aliphatic hydroxyl groups is 1. The average molecular weight is 342 g/mol. The van der Waals surface area contributed by atoms with Crippen LogP contribution in [0.5, 0.6) is 0 Å². The molecule has 0 spiro atoms. The molecule has 4 heteroatoms. The summed E-state index contributed by atoms with van der Waals surface area (Å²) in [7, 11) is 3.82. The smallest absolute Gasteiger partial charge is 0.258 e. The van der Waals surface area contributed by atoms with Crippen LogP contribution in [0, 0.1) is 5.92 Å². The molecule has 1 heterocycles. The van der Waals surface area contributed by atoms with E-state index >= 15 is 0 Å². The minimum Gasteiger partial charge on any atom is -0.505 e. The Hall–Kier alpha value is -2.49. The molecule has 1 aliphatic heterocycles. The molecule has 1 aliphatic rings. The quantitative estimate of drug-likeness (QED) is 0.583. The second kappa shape index (κ2) is 8.56. The van der Waals surface area contributed by atoms with E-state index in [9.17, 15) is 9.90 Å². The van der Waals surface area contributed by atoms with Gasteiger partial charge in [0.15, 0.2) is 0 Å². The highest BCUT2D eigenvalue weighted by atomic mass is 16.3. The summed E-state index contributed by atoms with van der Waals surface area (Å²) in [5.74, 6) is -0.0534. The lowest BCUT2D eigenvalue weighted by molar-refractivity contribution is -0.123. The number of carbonyl (C=O) groups is 1. The first-order chi connectivity index (χ1) is 11.6. The number of amides is 1. The van der Waals surface area contributed by atoms with Gasteiger partial charge in [0, 0.05) is 37.1 Å². The molecule has 0 radical (unpaired) electrons. The molecule has 0 saturated heterocycles. The van der Waals surface area contributed by atoms with Crippen molar-refractivity contribution in [2.75, 3.05) is 14.1 Å². The Morgan fingerprint density at radius 2 is 1.88 bits per heavy atom. The SMILES string of the molecule is C=C1C(O)=C(/C(=C/C=C(C)C)N(C)C)C=CN1C(=O)/C(=C\C)C(C)C. The number of nitrogens with zero attached hydrogens (tertiary/aromatic N) is 2. The molecule has 0 unspecified atom stereocenters. The number of hydrogen-bond donors (Lipinski definition) is 1. The Bertz CT molecular complexity index is 697. The first-order valence-corrected chi connectivity index (χ1v) is 8.45. The molecule has 0 aliphatic carbocycles. The van der Waals surface area contributed by atoms with Crippen molar-refractivity contribution in [3.8, 4) is 0 Å². The van der Waals surface area contributed by atoms with Gasteiger partial charge in [-0.1, -0.05) is 38.2 Å². The maximum atomic E-state index is 12.7. The first kappa shape index (κ1) is 20.6. The summed E-state index contributed by atoms with van der Waals surface area (Å²) in [5, 5.41) is 10.7. The fourth-order valence-electron chi connectivity index (χ4n) is 2.55. The van der Waals surface area contributed by atoms with Crippen LogP contribution in [0.4, 0.5) is 0 Å². The average Bonchev–Trinajstić information content (AvgIpc) is 2.51. The van der Waals surface area contributed by atoms with Crippen LogP contribution >= 0.6 is 0 Å². The first-order valence-electron chi connectivity index (χ1n) is 8.45. The number of likely N-dealkylation sites (N-methyl/N-ethyl adjacent to an activating group) is 1. The number of allylic oxidation sites excluding steroid dienone is 5. The van der Waals surface area contributed by atoms with Crippen molar-refractivity contribution >= 4 is 5.91 Å². The molecule has 0 atom stereocenters. The van der Waals surface area contributed by atoms with Gasteiger partial charge in [0.2, 0.25) is 0 Å². The fraction of sp³-hybridized carbons (Fsp3) is 0.381. The molecule has 0 aromatic carbocycles. The number of hydrogen-bond acceptors (Lipinski definition) is 3. The molecule has 0 aromatic rings. The molecule has 1 amide bonds. The lowest BCUT2D eigenvalue weighted by Crippen LogP contribution is -2.31. The van der Waals surface area contributed by atoms with Crippen LogP contribution < -0.4 is 0 Å². The van der Waals surface area contributed by atoms with Gasteiger partial charge in [0.1, 0.15) is 5.76 Å². The van der Waals surface area contributed by atoms with Gasteiger partial charge in [-0.15, -0.1) is 0 Å². The topological polar surface area (TPSA) is 43.8 Å². The van der Waals surface area contributed by atoms with Gasteiger partial charge in [-0.2, -0.15) is 0 Å². The molecule has 136 valence electrons. The lowest BCUT2D eigenvalue weighted by Gasteiger charge is -2.29. The summed E-state index contributed by atoms with van der Waals surface area (Å²) in [5.41, 5.74) is 3.62. The van der Waals surface area contributed by atoms with Gasteiger partial charge in [0.25, 0.3) is 5.91 Å². The maximum absolute atomic E-state index is 12.7. The van der Waals surface area contributed by atoms with Crippen LogP contribution in [0.3, 0.4) is 0 Å². The second-order valence-electron chi connectivity index (χ2n) is 6.79. The van der Waals surface area contributed by atoms with Gasteiger partial charge >= 0.3 is 0 Å². The summed E-state index contributed by atoms with van der Waals surface area (Å²) in [6.07, 6.45) is 9.16. The van der Waals surface area contributed by atoms with Crippen molar-refractivity contribution in [2.45, 2.75) is 34.6 Å². The minimum atomic E-state index is -0.163. The second-order valence-corrected chi connectivity index (χ2v) is 6.79. The fourth-order valence-corrected chi connectivity index (χ4v) is 2.55. The highest BCUT2D eigenvalue weighted by Gasteiger charge is 2.27. The molecule has 1 rings (SSSR count). The maximum Gasteiger partial charge on any atom is 0.258 e.